The summed E-state index contributed by atoms with van der Waals surface area (Å²) in [7, 11) is 1.71. The molecule has 1 saturated heterocycles. The maximum Gasteiger partial charge on any atom is 0.234 e. The Morgan fingerprint density at radius 2 is 1.82 bits per heavy atom. The fourth-order valence-corrected chi connectivity index (χ4v) is 2.45. The molecular formula is C16H24FN3O2. The molecule has 6 heteroatoms. The van der Waals surface area contributed by atoms with E-state index in [0.29, 0.717) is 13.1 Å². The van der Waals surface area contributed by atoms with Crippen LogP contribution in [0.15, 0.2) is 24.3 Å². The van der Waals surface area contributed by atoms with Crippen molar-refractivity contribution in [2.45, 2.75) is 6.54 Å². The van der Waals surface area contributed by atoms with Crippen molar-refractivity contribution >= 4 is 5.91 Å². The highest BCUT2D eigenvalue weighted by atomic mass is 19.1. The summed E-state index contributed by atoms with van der Waals surface area (Å²) in [5, 5.41) is 2.87. The summed E-state index contributed by atoms with van der Waals surface area (Å²) in [6.07, 6.45) is 0. The Morgan fingerprint density at radius 3 is 2.45 bits per heavy atom. The highest BCUT2D eigenvalue weighted by Gasteiger charge is 2.18. The van der Waals surface area contributed by atoms with E-state index in [1.54, 1.807) is 19.2 Å². The lowest BCUT2D eigenvalue weighted by atomic mass is 10.2. The van der Waals surface area contributed by atoms with E-state index in [0.717, 1.165) is 44.9 Å². The number of nitrogens with zero attached hydrogens (tertiary/aromatic N) is 2. The van der Waals surface area contributed by atoms with Gasteiger partial charge in [0.1, 0.15) is 5.82 Å². The minimum atomic E-state index is -0.263. The Kier molecular flexibility index (Phi) is 6.76. The quantitative estimate of drug-likeness (QED) is 0.805. The standard InChI is InChI=1S/C16H24FN3O2/c1-22-11-10-19-6-8-20(9-7-19)13-16(21)18-12-14-2-4-15(17)5-3-14/h2-5H,6-13H2,1H3,(H,18,21). The molecule has 0 radical (unpaired) electrons. The molecule has 0 spiro atoms. The van der Waals surface area contributed by atoms with Crippen molar-refractivity contribution in [1.29, 1.82) is 0 Å². The summed E-state index contributed by atoms with van der Waals surface area (Å²) in [6.45, 7) is 6.27. The molecule has 0 bridgehead atoms. The molecule has 0 aliphatic carbocycles. The largest absolute Gasteiger partial charge is 0.383 e. The summed E-state index contributed by atoms with van der Waals surface area (Å²) in [5.74, 6) is -0.254. The number of hydrogen-bond donors (Lipinski definition) is 1. The summed E-state index contributed by atoms with van der Waals surface area (Å²) < 4.78 is 17.9. The minimum absolute atomic E-state index is 0.00895. The molecule has 22 heavy (non-hydrogen) atoms. The first-order chi connectivity index (χ1) is 10.7. The number of hydrogen-bond acceptors (Lipinski definition) is 4. The van der Waals surface area contributed by atoms with E-state index in [1.807, 2.05) is 0 Å². The highest BCUT2D eigenvalue weighted by Crippen LogP contribution is 2.03. The molecule has 0 saturated carbocycles. The molecule has 0 atom stereocenters. The molecule has 1 fully saturated rings. The second-order valence-electron chi connectivity index (χ2n) is 5.51. The Labute approximate surface area is 131 Å². The lowest BCUT2D eigenvalue weighted by Crippen LogP contribution is -2.49. The van der Waals surface area contributed by atoms with Crippen LogP contribution in [0.5, 0.6) is 0 Å². The third-order valence-electron chi connectivity index (χ3n) is 3.85. The summed E-state index contributed by atoms with van der Waals surface area (Å²) in [6, 6.07) is 6.18. The van der Waals surface area contributed by atoms with Crippen LogP contribution in [-0.4, -0.2) is 68.7 Å². The molecule has 1 aromatic carbocycles. The van der Waals surface area contributed by atoms with Crippen LogP contribution >= 0.6 is 0 Å². The number of piperazine rings is 1. The van der Waals surface area contributed by atoms with Crippen molar-refractivity contribution in [3.05, 3.63) is 35.6 Å². The molecule has 122 valence electrons. The molecule has 0 unspecified atom stereocenters. The number of halogens is 1. The van der Waals surface area contributed by atoms with Gasteiger partial charge < -0.3 is 10.1 Å². The van der Waals surface area contributed by atoms with Crippen LogP contribution in [-0.2, 0) is 16.1 Å². The fourth-order valence-electron chi connectivity index (χ4n) is 2.45. The van der Waals surface area contributed by atoms with Gasteiger partial charge >= 0.3 is 0 Å². The van der Waals surface area contributed by atoms with Crippen molar-refractivity contribution in [2.24, 2.45) is 0 Å². The maximum absolute atomic E-state index is 12.8. The predicted molar refractivity (Wildman–Crippen MR) is 83.0 cm³/mol. The molecule has 2 rings (SSSR count). The zero-order chi connectivity index (χ0) is 15.8. The third-order valence-corrected chi connectivity index (χ3v) is 3.85. The fraction of sp³-hybridized carbons (Fsp3) is 0.562. The van der Waals surface area contributed by atoms with E-state index >= 15 is 0 Å². The normalized spacial score (nSPS) is 16.6. The van der Waals surface area contributed by atoms with E-state index in [2.05, 4.69) is 15.1 Å². The summed E-state index contributed by atoms with van der Waals surface area (Å²) in [5.41, 5.74) is 0.902. The minimum Gasteiger partial charge on any atom is -0.383 e. The molecule has 0 aromatic heterocycles. The molecule has 1 aliphatic rings. The van der Waals surface area contributed by atoms with E-state index in [-0.39, 0.29) is 11.7 Å². The average Bonchev–Trinajstić information content (AvgIpc) is 2.54. The zero-order valence-corrected chi connectivity index (χ0v) is 13.1. The van der Waals surface area contributed by atoms with Crippen molar-refractivity contribution < 1.29 is 13.9 Å². The zero-order valence-electron chi connectivity index (χ0n) is 13.1. The van der Waals surface area contributed by atoms with E-state index in [1.165, 1.54) is 12.1 Å². The van der Waals surface area contributed by atoms with Gasteiger partial charge in [-0.2, -0.15) is 0 Å². The van der Waals surface area contributed by atoms with Crippen LogP contribution in [0, 0.1) is 5.82 Å². The second kappa shape index (κ2) is 8.82. The van der Waals surface area contributed by atoms with E-state index in [4.69, 9.17) is 4.74 Å². The Morgan fingerprint density at radius 1 is 1.18 bits per heavy atom. The lowest BCUT2D eigenvalue weighted by Gasteiger charge is -2.34. The van der Waals surface area contributed by atoms with Crippen molar-refractivity contribution in [3.8, 4) is 0 Å². The topological polar surface area (TPSA) is 44.8 Å². The third kappa shape index (κ3) is 5.71. The van der Waals surface area contributed by atoms with Crippen molar-refractivity contribution in [2.75, 3.05) is 53.0 Å². The first kappa shape index (κ1) is 16.9. The summed E-state index contributed by atoms with van der Waals surface area (Å²) in [4.78, 5) is 16.4. The van der Waals surface area contributed by atoms with Crippen LogP contribution in [0.1, 0.15) is 5.56 Å². The Balaban J connectivity index is 1.64. The molecular weight excluding hydrogens is 285 g/mol. The van der Waals surface area contributed by atoms with E-state index < -0.39 is 0 Å². The summed E-state index contributed by atoms with van der Waals surface area (Å²) >= 11 is 0. The number of nitrogens with one attached hydrogen (secondary N) is 1. The molecule has 1 aromatic rings. The van der Waals surface area contributed by atoms with Gasteiger partial charge in [0.2, 0.25) is 5.91 Å². The van der Waals surface area contributed by atoms with Gasteiger partial charge in [0, 0.05) is 46.4 Å². The number of ether oxygens (including phenoxy) is 1. The smallest absolute Gasteiger partial charge is 0.234 e. The molecule has 1 heterocycles. The monoisotopic (exact) mass is 309 g/mol. The number of amides is 1. The second-order valence-corrected chi connectivity index (χ2v) is 5.51. The highest BCUT2D eigenvalue weighted by molar-refractivity contribution is 5.78. The van der Waals surface area contributed by atoms with Gasteiger partial charge in [-0.15, -0.1) is 0 Å². The van der Waals surface area contributed by atoms with Gasteiger partial charge in [-0.1, -0.05) is 12.1 Å². The Bertz CT molecular complexity index is 459. The van der Waals surface area contributed by atoms with Crippen LogP contribution in [0.4, 0.5) is 4.39 Å². The lowest BCUT2D eigenvalue weighted by molar-refractivity contribution is -0.122. The van der Waals surface area contributed by atoms with Gasteiger partial charge in [-0.25, -0.2) is 4.39 Å². The number of benzene rings is 1. The van der Waals surface area contributed by atoms with Crippen LogP contribution in [0.25, 0.3) is 0 Å². The molecule has 1 amide bonds. The van der Waals surface area contributed by atoms with Gasteiger partial charge in [-0.05, 0) is 17.7 Å². The average molecular weight is 309 g/mol. The SMILES string of the molecule is COCCN1CCN(CC(=O)NCc2ccc(F)cc2)CC1. The first-order valence-corrected chi connectivity index (χ1v) is 7.62. The van der Waals surface area contributed by atoms with Gasteiger partial charge in [0.25, 0.3) is 0 Å². The molecule has 1 aliphatic heterocycles. The number of rotatable bonds is 7. The van der Waals surface area contributed by atoms with Gasteiger partial charge in [0.15, 0.2) is 0 Å². The number of carbonyl (C=O) groups is 1. The maximum atomic E-state index is 12.8. The first-order valence-electron chi connectivity index (χ1n) is 7.62. The van der Waals surface area contributed by atoms with Crippen molar-refractivity contribution in [1.82, 2.24) is 15.1 Å². The molecule has 1 N–H and O–H groups in total. The van der Waals surface area contributed by atoms with Crippen LogP contribution in [0.3, 0.4) is 0 Å². The van der Waals surface area contributed by atoms with Gasteiger partial charge in [0.05, 0.1) is 13.2 Å². The predicted octanol–water partition coefficient (Wildman–Crippen LogP) is 0.706. The Hall–Kier alpha value is -1.50. The van der Waals surface area contributed by atoms with Crippen LogP contribution < -0.4 is 5.32 Å². The number of carbonyl (C=O) groups excluding carboxylic acids is 1. The van der Waals surface area contributed by atoms with Crippen LogP contribution in [0.2, 0.25) is 0 Å². The molecule has 5 nitrogen and oxygen atoms in total. The van der Waals surface area contributed by atoms with E-state index in [9.17, 15) is 9.18 Å². The number of methoxy groups -OCH3 is 1. The van der Waals surface area contributed by atoms with Crippen molar-refractivity contribution in [3.63, 3.8) is 0 Å². The van der Waals surface area contributed by atoms with Gasteiger partial charge in [-0.3, -0.25) is 14.6 Å².